The van der Waals surface area contributed by atoms with Crippen molar-refractivity contribution in [1.29, 1.82) is 0 Å². The van der Waals surface area contributed by atoms with Gasteiger partial charge in [0.25, 0.3) is 0 Å². The maximum atomic E-state index is 13.2. The maximum absolute atomic E-state index is 13.2. The van der Waals surface area contributed by atoms with Gasteiger partial charge in [-0.1, -0.05) is 23.7 Å². The molecule has 2 amide bonds. The molecule has 2 aromatic rings. The second-order valence-electron chi connectivity index (χ2n) is 8.66. The highest BCUT2D eigenvalue weighted by molar-refractivity contribution is 6.30. The Hall–Kier alpha value is -2.54. The number of benzene rings is 1. The minimum atomic E-state index is -0.565. The molecular formula is C22H29ClN4O3. The molecule has 0 aliphatic carbocycles. The topological polar surface area (TPSA) is 76.5 Å². The van der Waals surface area contributed by atoms with Crippen molar-refractivity contribution in [1.82, 2.24) is 19.8 Å². The van der Waals surface area contributed by atoms with Crippen molar-refractivity contribution in [3.05, 3.63) is 53.1 Å². The van der Waals surface area contributed by atoms with E-state index in [0.29, 0.717) is 18.1 Å². The third kappa shape index (κ3) is 5.53. The van der Waals surface area contributed by atoms with E-state index in [4.69, 9.17) is 16.3 Å². The SMILES string of the molecule is Cn1ccnc1[C@H](NC(=O)[C@H]1CCCN(C(=O)OC(C)(C)C)C1)c1ccc(Cl)cc1. The molecule has 1 aromatic heterocycles. The molecule has 1 aliphatic heterocycles. The summed E-state index contributed by atoms with van der Waals surface area (Å²) in [5.41, 5.74) is 0.325. The van der Waals surface area contributed by atoms with Gasteiger partial charge in [-0.25, -0.2) is 9.78 Å². The van der Waals surface area contributed by atoms with Crippen LogP contribution in [0.5, 0.6) is 0 Å². The molecule has 1 aromatic carbocycles. The fraction of sp³-hybridized carbons (Fsp3) is 0.500. The molecule has 1 N–H and O–H groups in total. The van der Waals surface area contributed by atoms with Crippen molar-refractivity contribution < 1.29 is 14.3 Å². The molecule has 2 atom stereocenters. The summed E-state index contributed by atoms with van der Waals surface area (Å²) in [6.45, 7) is 6.45. The molecule has 162 valence electrons. The number of imidazole rings is 1. The van der Waals surface area contributed by atoms with Crippen LogP contribution >= 0.6 is 11.6 Å². The lowest BCUT2D eigenvalue weighted by atomic mass is 9.96. The number of carbonyl (C=O) groups is 2. The van der Waals surface area contributed by atoms with Gasteiger partial charge in [0.1, 0.15) is 17.5 Å². The predicted molar refractivity (Wildman–Crippen MR) is 115 cm³/mol. The number of amides is 2. The van der Waals surface area contributed by atoms with E-state index in [1.807, 2.05) is 50.7 Å². The average molecular weight is 433 g/mol. The Morgan fingerprint density at radius 2 is 1.97 bits per heavy atom. The number of ether oxygens (including phenoxy) is 1. The van der Waals surface area contributed by atoms with Gasteiger partial charge in [-0.15, -0.1) is 0 Å². The molecule has 8 heteroatoms. The maximum Gasteiger partial charge on any atom is 0.410 e. The van der Waals surface area contributed by atoms with Gasteiger partial charge in [0.05, 0.1) is 5.92 Å². The fourth-order valence-corrected chi connectivity index (χ4v) is 3.68. The van der Waals surface area contributed by atoms with Gasteiger partial charge in [0.15, 0.2) is 0 Å². The zero-order chi connectivity index (χ0) is 21.9. The number of likely N-dealkylation sites (tertiary alicyclic amines) is 1. The Morgan fingerprint density at radius 1 is 1.27 bits per heavy atom. The van der Waals surface area contributed by atoms with Crippen molar-refractivity contribution >= 4 is 23.6 Å². The van der Waals surface area contributed by atoms with Crippen LogP contribution in [0.4, 0.5) is 4.79 Å². The van der Waals surface area contributed by atoms with Crippen LogP contribution in [0.1, 0.15) is 51.0 Å². The van der Waals surface area contributed by atoms with Gasteiger partial charge in [-0.05, 0) is 51.3 Å². The number of aryl methyl sites for hydroxylation is 1. The lowest BCUT2D eigenvalue weighted by Gasteiger charge is -2.34. The van der Waals surface area contributed by atoms with Gasteiger partial charge in [0, 0.05) is 37.6 Å². The summed E-state index contributed by atoms with van der Waals surface area (Å²) in [4.78, 5) is 31.6. The number of rotatable bonds is 4. The van der Waals surface area contributed by atoms with Crippen LogP contribution in [0.15, 0.2) is 36.7 Å². The lowest BCUT2D eigenvalue weighted by Crippen LogP contribution is -2.47. The zero-order valence-electron chi connectivity index (χ0n) is 17.9. The van der Waals surface area contributed by atoms with E-state index in [9.17, 15) is 9.59 Å². The normalized spacial score (nSPS) is 18.0. The van der Waals surface area contributed by atoms with Crippen molar-refractivity contribution in [3.63, 3.8) is 0 Å². The summed E-state index contributed by atoms with van der Waals surface area (Å²) in [5, 5.41) is 3.76. The monoisotopic (exact) mass is 432 g/mol. The Labute approximate surface area is 182 Å². The summed E-state index contributed by atoms with van der Waals surface area (Å²) in [6, 6.07) is 6.95. The van der Waals surface area contributed by atoms with Crippen LogP contribution in [-0.2, 0) is 16.6 Å². The Morgan fingerprint density at radius 3 is 2.57 bits per heavy atom. The smallest absolute Gasteiger partial charge is 0.410 e. The second kappa shape index (κ2) is 9.08. The fourth-order valence-electron chi connectivity index (χ4n) is 3.55. The first-order valence-electron chi connectivity index (χ1n) is 10.1. The van der Waals surface area contributed by atoms with Gasteiger partial charge in [-0.3, -0.25) is 4.79 Å². The standard InChI is InChI=1S/C22H29ClN4O3/c1-22(2,3)30-21(29)27-12-5-6-16(14-27)20(28)25-18(19-24-11-13-26(19)4)15-7-9-17(23)10-8-15/h7-11,13,16,18H,5-6,12,14H2,1-4H3,(H,25,28)/t16-,18+/m0/s1. The van der Waals surface area contributed by atoms with Crippen LogP contribution in [0.25, 0.3) is 0 Å². The first-order valence-corrected chi connectivity index (χ1v) is 10.5. The number of nitrogens with zero attached hydrogens (tertiary/aromatic N) is 3. The van der Waals surface area contributed by atoms with E-state index >= 15 is 0 Å². The van der Waals surface area contributed by atoms with Crippen molar-refractivity contribution in [2.75, 3.05) is 13.1 Å². The minimum absolute atomic E-state index is 0.105. The molecule has 30 heavy (non-hydrogen) atoms. The summed E-state index contributed by atoms with van der Waals surface area (Å²) in [5.74, 6) is 0.318. The van der Waals surface area contributed by atoms with Gasteiger partial charge in [0.2, 0.25) is 5.91 Å². The van der Waals surface area contributed by atoms with Gasteiger partial charge >= 0.3 is 6.09 Å². The first-order chi connectivity index (χ1) is 14.1. The molecule has 2 heterocycles. The molecular weight excluding hydrogens is 404 g/mol. The minimum Gasteiger partial charge on any atom is -0.444 e. The van der Waals surface area contributed by atoms with Crippen LogP contribution in [0.3, 0.4) is 0 Å². The Balaban J connectivity index is 1.74. The van der Waals surface area contributed by atoms with Crippen LogP contribution < -0.4 is 5.32 Å². The highest BCUT2D eigenvalue weighted by Gasteiger charge is 2.32. The molecule has 3 rings (SSSR count). The van der Waals surface area contributed by atoms with E-state index in [0.717, 1.165) is 24.2 Å². The number of hydrogen-bond acceptors (Lipinski definition) is 4. The van der Waals surface area contributed by atoms with E-state index < -0.39 is 11.6 Å². The number of carbonyl (C=O) groups excluding carboxylic acids is 2. The van der Waals surface area contributed by atoms with Crippen LogP contribution in [0, 0.1) is 5.92 Å². The molecule has 0 spiro atoms. The molecule has 0 unspecified atom stereocenters. The largest absolute Gasteiger partial charge is 0.444 e. The van der Waals surface area contributed by atoms with E-state index in [2.05, 4.69) is 10.3 Å². The second-order valence-corrected chi connectivity index (χ2v) is 9.09. The lowest BCUT2D eigenvalue weighted by molar-refractivity contribution is -0.127. The summed E-state index contributed by atoms with van der Waals surface area (Å²) in [6.07, 6.45) is 4.65. The summed E-state index contributed by atoms with van der Waals surface area (Å²) >= 11 is 6.03. The Kier molecular flexibility index (Phi) is 6.71. The van der Waals surface area contributed by atoms with Gasteiger partial charge in [-0.2, -0.15) is 0 Å². The van der Waals surface area contributed by atoms with E-state index in [1.165, 1.54) is 0 Å². The first kappa shape index (κ1) is 22.2. The highest BCUT2D eigenvalue weighted by Crippen LogP contribution is 2.25. The van der Waals surface area contributed by atoms with Crippen molar-refractivity contribution in [3.8, 4) is 0 Å². The number of hydrogen-bond donors (Lipinski definition) is 1. The molecule has 1 fully saturated rings. The van der Waals surface area contributed by atoms with E-state index in [1.54, 1.807) is 23.2 Å². The third-order valence-electron chi connectivity index (χ3n) is 5.05. The molecule has 7 nitrogen and oxygen atoms in total. The van der Waals surface area contributed by atoms with Crippen molar-refractivity contribution in [2.24, 2.45) is 13.0 Å². The molecule has 0 bridgehead atoms. The number of halogens is 1. The molecule has 1 saturated heterocycles. The summed E-state index contributed by atoms with van der Waals surface area (Å²) < 4.78 is 7.35. The molecule has 0 radical (unpaired) electrons. The number of aromatic nitrogens is 2. The number of piperidine rings is 1. The Bertz CT molecular complexity index is 889. The van der Waals surface area contributed by atoms with Crippen molar-refractivity contribution in [2.45, 2.75) is 45.3 Å². The van der Waals surface area contributed by atoms with Gasteiger partial charge < -0.3 is 19.5 Å². The van der Waals surface area contributed by atoms with Crippen LogP contribution in [0.2, 0.25) is 5.02 Å². The zero-order valence-corrected chi connectivity index (χ0v) is 18.6. The number of nitrogens with one attached hydrogen (secondary N) is 1. The predicted octanol–water partition coefficient (Wildman–Crippen LogP) is 3.93. The molecule has 1 aliphatic rings. The van der Waals surface area contributed by atoms with Crippen LogP contribution in [-0.4, -0.2) is 45.1 Å². The third-order valence-corrected chi connectivity index (χ3v) is 5.30. The highest BCUT2D eigenvalue weighted by atomic mass is 35.5. The molecule has 0 saturated carbocycles. The summed E-state index contributed by atoms with van der Waals surface area (Å²) in [7, 11) is 1.89. The van der Waals surface area contributed by atoms with E-state index in [-0.39, 0.29) is 17.9 Å². The quantitative estimate of drug-likeness (QED) is 0.794. The average Bonchev–Trinajstić information content (AvgIpc) is 3.11.